The van der Waals surface area contributed by atoms with Crippen LogP contribution in [-0.2, 0) is 0 Å². The van der Waals surface area contributed by atoms with Crippen molar-refractivity contribution in [2.24, 2.45) is 0 Å². The van der Waals surface area contributed by atoms with Crippen molar-refractivity contribution in [3.05, 3.63) is 41.7 Å². The molecule has 0 aliphatic rings. The van der Waals surface area contributed by atoms with E-state index in [2.05, 4.69) is 15.4 Å². The number of ether oxygens (including phenoxy) is 2. The van der Waals surface area contributed by atoms with E-state index in [0.717, 1.165) is 40.0 Å². The van der Waals surface area contributed by atoms with Crippen LogP contribution < -0.4 is 14.8 Å². The molecule has 0 saturated heterocycles. The summed E-state index contributed by atoms with van der Waals surface area (Å²) < 4.78 is 12.4. The lowest BCUT2D eigenvalue weighted by molar-refractivity contribution is 0.395. The molecule has 3 rings (SSSR count). The number of fused-ring (bicyclic) bond motifs is 1. The minimum Gasteiger partial charge on any atom is -0.497 e. The molecule has 114 valence electrons. The molecule has 1 aromatic carbocycles. The molecule has 22 heavy (non-hydrogen) atoms. The molecular weight excluding hydrogens is 280 g/mol. The number of rotatable bonds is 4. The maximum absolute atomic E-state index is 5.30. The number of aryl methyl sites for hydroxylation is 2. The van der Waals surface area contributed by atoms with Gasteiger partial charge >= 0.3 is 0 Å². The predicted molar refractivity (Wildman–Crippen MR) is 85.3 cm³/mol. The SMILES string of the molecule is COc1cc(Nc2cc(C)nc3cc(C)nn23)cc(OC)c1. The topological polar surface area (TPSA) is 60.7 Å². The van der Waals surface area contributed by atoms with Gasteiger partial charge in [-0.15, -0.1) is 0 Å². The highest BCUT2D eigenvalue weighted by atomic mass is 16.5. The zero-order valence-corrected chi connectivity index (χ0v) is 13.0. The Hall–Kier alpha value is -2.76. The smallest absolute Gasteiger partial charge is 0.157 e. The molecule has 0 fully saturated rings. The van der Waals surface area contributed by atoms with E-state index in [1.165, 1.54) is 0 Å². The van der Waals surface area contributed by atoms with E-state index in [0.29, 0.717) is 0 Å². The second kappa shape index (κ2) is 5.55. The molecule has 6 nitrogen and oxygen atoms in total. The van der Waals surface area contributed by atoms with Gasteiger partial charge in [-0.1, -0.05) is 0 Å². The standard InChI is InChI=1S/C16H18N4O2/c1-10-5-16(20-15(17-10)6-11(2)19-20)18-12-7-13(21-3)9-14(8-12)22-4/h5-9,18H,1-4H3. The minimum atomic E-state index is 0.723. The number of nitrogens with zero attached hydrogens (tertiary/aromatic N) is 3. The van der Waals surface area contributed by atoms with Crippen LogP contribution in [0.3, 0.4) is 0 Å². The quantitative estimate of drug-likeness (QED) is 0.802. The largest absolute Gasteiger partial charge is 0.497 e. The van der Waals surface area contributed by atoms with Crippen LogP contribution in [-0.4, -0.2) is 28.8 Å². The van der Waals surface area contributed by atoms with Crippen LogP contribution in [0.5, 0.6) is 11.5 Å². The maximum atomic E-state index is 5.30. The highest BCUT2D eigenvalue weighted by Gasteiger charge is 2.08. The Bertz CT molecular complexity index is 804. The second-order valence-electron chi connectivity index (χ2n) is 5.06. The molecule has 0 aliphatic carbocycles. The molecule has 0 amide bonds. The fourth-order valence-electron chi connectivity index (χ4n) is 2.33. The zero-order chi connectivity index (χ0) is 15.7. The second-order valence-corrected chi connectivity index (χ2v) is 5.06. The Labute approximate surface area is 128 Å². The van der Waals surface area contributed by atoms with Gasteiger partial charge in [0, 0.05) is 41.7 Å². The first-order valence-corrected chi connectivity index (χ1v) is 6.93. The lowest BCUT2D eigenvalue weighted by Crippen LogP contribution is -2.03. The summed E-state index contributed by atoms with van der Waals surface area (Å²) in [7, 11) is 3.26. The van der Waals surface area contributed by atoms with Gasteiger partial charge in [0.25, 0.3) is 0 Å². The minimum absolute atomic E-state index is 0.723. The number of hydrogen-bond acceptors (Lipinski definition) is 5. The van der Waals surface area contributed by atoms with Gasteiger partial charge in [-0.05, 0) is 13.8 Å². The third-order valence-corrected chi connectivity index (χ3v) is 3.30. The highest BCUT2D eigenvalue weighted by molar-refractivity contribution is 5.63. The van der Waals surface area contributed by atoms with Crippen molar-refractivity contribution in [3.8, 4) is 11.5 Å². The molecule has 0 spiro atoms. The summed E-state index contributed by atoms with van der Waals surface area (Å²) >= 11 is 0. The maximum Gasteiger partial charge on any atom is 0.157 e. The van der Waals surface area contributed by atoms with Gasteiger partial charge in [-0.25, -0.2) is 4.98 Å². The van der Waals surface area contributed by atoms with Crippen LogP contribution in [0, 0.1) is 13.8 Å². The van der Waals surface area contributed by atoms with Crippen LogP contribution in [0.15, 0.2) is 30.3 Å². The van der Waals surface area contributed by atoms with Gasteiger partial charge in [0.05, 0.1) is 19.9 Å². The third-order valence-electron chi connectivity index (χ3n) is 3.30. The van der Waals surface area contributed by atoms with Crippen molar-refractivity contribution in [2.45, 2.75) is 13.8 Å². The molecule has 0 unspecified atom stereocenters. The fourth-order valence-corrected chi connectivity index (χ4v) is 2.33. The fraction of sp³-hybridized carbons (Fsp3) is 0.250. The monoisotopic (exact) mass is 298 g/mol. The Morgan fingerprint density at radius 2 is 1.59 bits per heavy atom. The zero-order valence-electron chi connectivity index (χ0n) is 13.0. The number of nitrogens with one attached hydrogen (secondary N) is 1. The van der Waals surface area contributed by atoms with Crippen molar-refractivity contribution in [1.82, 2.24) is 14.6 Å². The molecule has 0 saturated carbocycles. The summed E-state index contributed by atoms with van der Waals surface area (Å²) in [4.78, 5) is 4.48. The Morgan fingerprint density at radius 3 is 2.23 bits per heavy atom. The number of aromatic nitrogens is 3. The van der Waals surface area contributed by atoms with Crippen molar-refractivity contribution in [2.75, 3.05) is 19.5 Å². The highest BCUT2D eigenvalue weighted by Crippen LogP contribution is 2.28. The number of anilines is 2. The van der Waals surface area contributed by atoms with Gasteiger partial charge in [0.2, 0.25) is 0 Å². The summed E-state index contributed by atoms with van der Waals surface area (Å²) in [5.74, 6) is 2.28. The van der Waals surface area contributed by atoms with E-state index in [1.807, 2.05) is 44.2 Å². The van der Waals surface area contributed by atoms with Crippen LogP contribution in [0.2, 0.25) is 0 Å². The summed E-state index contributed by atoms with van der Waals surface area (Å²) in [6, 6.07) is 9.54. The van der Waals surface area contributed by atoms with Crippen LogP contribution >= 0.6 is 0 Å². The van der Waals surface area contributed by atoms with Crippen molar-refractivity contribution in [1.29, 1.82) is 0 Å². The summed E-state index contributed by atoms with van der Waals surface area (Å²) in [5, 5.41) is 7.82. The molecule has 1 N–H and O–H groups in total. The van der Waals surface area contributed by atoms with E-state index in [9.17, 15) is 0 Å². The molecule has 0 aliphatic heterocycles. The first kappa shape index (κ1) is 14.2. The molecule has 3 aromatic rings. The lowest BCUT2D eigenvalue weighted by atomic mass is 10.2. The molecule has 0 bridgehead atoms. The third kappa shape index (κ3) is 2.67. The molecule has 2 heterocycles. The van der Waals surface area contributed by atoms with Gasteiger partial charge < -0.3 is 14.8 Å². The van der Waals surface area contributed by atoms with Crippen molar-refractivity contribution < 1.29 is 9.47 Å². The Balaban J connectivity index is 2.06. The van der Waals surface area contributed by atoms with E-state index in [4.69, 9.17) is 9.47 Å². The van der Waals surface area contributed by atoms with Gasteiger partial charge in [-0.3, -0.25) is 0 Å². The predicted octanol–water partition coefficient (Wildman–Crippen LogP) is 3.11. The average Bonchev–Trinajstić information content (AvgIpc) is 2.87. The summed E-state index contributed by atoms with van der Waals surface area (Å²) in [6.07, 6.45) is 0. The number of hydrogen-bond donors (Lipinski definition) is 1. The van der Waals surface area contributed by atoms with E-state index < -0.39 is 0 Å². The molecule has 6 heteroatoms. The van der Waals surface area contributed by atoms with E-state index >= 15 is 0 Å². The van der Waals surface area contributed by atoms with Crippen molar-refractivity contribution >= 4 is 17.2 Å². The number of methoxy groups -OCH3 is 2. The Morgan fingerprint density at radius 1 is 0.909 bits per heavy atom. The number of benzene rings is 1. The van der Waals surface area contributed by atoms with Crippen LogP contribution in [0.4, 0.5) is 11.5 Å². The van der Waals surface area contributed by atoms with Gasteiger partial charge in [-0.2, -0.15) is 9.61 Å². The average molecular weight is 298 g/mol. The normalized spacial score (nSPS) is 10.7. The van der Waals surface area contributed by atoms with Crippen molar-refractivity contribution in [3.63, 3.8) is 0 Å². The Kier molecular flexibility index (Phi) is 3.58. The van der Waals surface area contributed by atoms with Crippen LogP contribution in [0.1, 0.15) is 11.4 Å². The molecule has 0 radical (unpaired) electrons. The molecule has 0 atom stereocenters. The summed E-state index contributed by atoms with van der Waals surface area (Å²) in [6.45, 7) is 3.90. The van der Waals surface area contributed by atoms with Gasteiger partial charge in [0.15, 0.2) is 5.65 Å². The summed E-state index contributed by atoms with van der Waals surface area (Å²) in [5.41, 5.74) is 3.51. The molecular formula is C16H18N4O2. The van der Waals surface area contributed by atoms with E-state index in [-0.39, 0.29) is 0 Å². The molecule has 2 aromatic heterocycles. The first-order valence-electron chi connectivity index (χ1n) is 6.93. The lowest BCUT2D eigenvalue weighted by Gasteiger charge is -2.12. The van der Waals surface area contributed by atoms with Crippen LogP contribution in [0.25, 0.3) is 5.65 Å². The first-order chi connectivity index (χ1) is 10.6. The van der Waals surface area contributed by atoms with Gasteiger partial charge in [0.1, 0.15) is 17.3 Å². The van der Waals surface area contributed by atoms with E-state index in [1.54, 1.807) is 18.7 Å².